The number of nitrogens with one attached hydrogen (secondary N) is 1. The molecule has 0 aromatic heterocycles. The molecule has 0 spiro atoms. The van der Waals surface area contributed by atoms with Crippen LogP contribution in [0.5, 0.6) is 0 Å². The van der Waals surface area contributed by atoms with Crippen LogP contribution in [-0.4, -0.2) is 25.5 Å². The number of hydrogen-bond donors (Lipinski definition) is 2. The largest absolute Gasteiger partial charge is 0.480 e. The first kappa shape index (κ1) is 14.5. The van der Waals surface area contributed by atoms with Crippen molar-refractivity contribution in [1.29, 1.82) is 0 Å². The number of rotatable bonds is 5. The summed E-state index contributed by atoms with van der Waals surface area (Å²) in [5.74, 6) is 0.753. The van der Waals surface area contributed by atoms with Gasteiger partial charge in [0, 0.05) is 6.42 Å². The first-order valence-electron chi connectivity index (χ1n) is 4.81. The highest BCUT2D eigenvalue weighted by Crippen LogP contribution is 2.20. The van der Waals surface area contributed by atoms with Gasteiger partial charge in [0.25, 0.3) is 0 Å². The first-order chi connectivity index (χ1) is 8.38. The van der Waals surface area contributed by atoms with E-state index >= 15 is 0 Å². The summed E-state index contributed by atoms with van der Waals surface area (Å²) in [6, 6.07) is 4.35. The van der Waals surface area contributed by atoms with Gasteiger partial charge < -0.3 is 5.11 Å². The third-order valence-corrected chi connectivity index (χ3v) is 4.02. The van der Waals surface area contributed by atoms with Crippen molar-refractivity contribution in [2.24, 2.45) is 0 Å². The molecule has 0 aliphatic carbocycles. The average Bonchev–Trinajstić information content (AvgIpc) is 2.28. The zero-order chi connectivity index (χ0) is 13.8. The van der Waals surface area contributed by atoms with E-state index in [1.54, 1.807) is 6.07 Å². The molecule has 0 amide bonds. The van der Waals surface area contributed by atoms with E-state index < -0.39 is 22.0 Å². The molecule has 1 aromatic carbocycles. The highest BCUT2D eigenvalue weighted by Gasteiger charge is 2.25. The molecule has 0 bridgehead atoms. The fraction of sp³-hybridized carbons (Fsp3) is 0.182. The fourth-order valence-corrected chi connectivity index (χ4v) is 2.92. The van der Waals surface area contributed by atoms with Gasteiger partial charge in [-0.1, -0.05) is 23.7 Å². The monoisotopic (exact) mass is 287 g/mol. The lowest BCUT2D eigenvalue weighted by Crippen LogP contribution is -2.40. The summed E-state index contributed by atoms with van der Waals surface area (Å²) in [5, 5.41) is 8.84. The molecule has 0 saturated heterocycles. The van der Waals surface area contributed by atoms with E-state index in [0.717, 1.165) is 0 Å². The minimum Gasteiger partial charge on any atom is -0.480 e. The maximum atomic E-state index is 11.9. The van der Waals surface area contributed by atoms with Crippen LogP contribution >= 0.6 is 11.6 Å². The van der Waals surface area contributed by atoms with Crippen LogP contribution in [0.3, 0.4) is 0 Å². The first-order valence-corrected chi connectivity index (χ1v) is 6.67. The van der Waals surface area contributed by atoms with Crippen molar-refractivity contribution in [3.63, 3.8) is 0 Å². The van der Waals surface area contributed by atoms with Crippen molar-refractivity contribution >= 4 is 27.6 Å². The predicted molar refractivity (Wildman–Crippen MR) is 66.6 cm³/mol. The second-order valence-electron chi connectivity index (χ2n) is 3.35. The standard InChI is InChI=1S/C11H10ClNO4S/c1-2-5-9(11(14)15)13-18(16,17)10-7-4-3-6-8(10)12/h1,3-4,6-7,9,13H,5H2,(H,14,15). The number of halogens is 1. The molecule has 0 saturated carbocycles. The summed E-state index contributed by atoms with van der Waals surface area (Å²) in [4.78, 5) is 10.6. The zero-order valence-corrected chi connectivity index (χ0v) is 10.7. The van der Waals surface area contributed by atoms with E-state index in [4.69, 9.17) is 23.1 Å². The quantitative estimate of drug-likeness (QED) is 0.794. The Morgan fingerprint density at radius 3 is 2.61 bits per heavy atom. The van der Waals surface area contributed by atoms with Crippen LogP contribution in [0, 0.1) is 12.3 Å². The normalized spacial score (nSPS) is 12.7. The molecule has 2 N–H and O–H groups in total. The van der Waals surface area contributed by atoms with Gasteiger partial charge in [-0.2, -0.15) is 4.72 Å². The molecule has 18 heavy (non-hydrogen) atoms. The molecule has 5 nitrogen and oxygen atoms in total. The van der Waals surface area contributed by atoms with Gasteiger partial charge in [-0.15, -0.1) is 12.3 Å². The van der Waals surface area contributed by atoms with Crippen molar-refractivity contribution in [2.45, 2.75) is 17.4 Å². The van der Waals surface area contributed by atoms with Gasteiger partial charge in [0.2, 0.25) is 10.0 Å². The van der Waals surface area contributed by atoms with Gasteiger partial charge in [-0.3, -0.25) is 4.79 Å². The Morgan fingerprint density at radius 1 is 1.50 bits per heavy atom. The van der Waals surface area contributed by atoms with E-state index in [2.05, 4.69) is 5.92 Å². The Bertz CT molecular complexity index is 591. The van der Waals surface area contributed by atoms with Crippen molar-refractivity contribution < 1.29 is 18.3 Å². The Labute approximate surface area is 110 Å². The third kappa shape index (κ3) is 3.47. The van der Waals surface area contributed by atoms with Crippen LogP contribution in [0.15, 0.2) is 29.2 Å². The minimum atomic E-state index is -4.02. The average molecular weight is 288 g/mol. The van der Waals surface area contributed by atoms with Crippen LogP contribution in [0.25, 0.3) is 0 Å². The van der Waals surface area contributed by atoms with E-state index in [9.17, 15) is 13.2 Å². The number of carbonyl (C=O) groups is 1. The van der Waals surface area contributed by atoms with Crippen molar-refractivity contribution in [3.05, 3.63) is 29.3 Å². The van der Waals surface area contributed by atoms with Crippen LogP contribution < -0.4 is 4.72 Å². The van der Waals surface area contributed by atoms with Gasteiger partial charge in [-0.25, -0.2) is 8.42 Å². The van der Waals surface area contributed by atoms with Crippen LogP contribution in [0.2, 0.25) is 5.02 Å². The molecular formula is C11H10ClNO4S. The zero-order valence-electron chi connectivity index (χ0n) is 9.13. The molecule has 0 aliphatic heterocycles. The highest BCUT2D eigenvalue weighted by molar-refractivity contribution is 7.89. The molecule has 0 heterocycles. The van der Waals surface area contributed by atoms with Gasteiger partial charge in [0.1, 0.15) is 10.9 Å². The number of hydrogen-bond acceptors (Lipinski definition) is 3. The molecule has 0 radical (unpaired) electrons. The van der Waals surface area contributed by atoms with E-state index in [0.29, 0.717) is 0 Å². The van der Waals surface area contributed by atoms with Crippen LogP contribution in [0.1, 0.15) is 6.42 Å². The summed E-state index contributed by atoms with van der Waals surface area (Å²) in [5.41, 5.74) is 0. The summed E-state index contributed by atoms with van der Waals surface area (Å²) in [6.45, 7) is 0. The molecule has 1 unspecified atom stereocenters. The second kappa shape index (κ2) is 5.87. The Hall–Kier alpha value is -1.55. The molecule has 96 valence electrons. The van der Waals surface area contributed by atoms with Crippen molar-refractivity contribution in [3.8, 4) is 12.3 Å². The van der Waals surface area contributed by atoms with Gasteiger partial charge >= 0.3 is 5.97 Å². The van der Waals surface area contributed by atoms with Gasteiger partial charge in [-0.05, 0) is 12.1 Å². The molecule has 0 fully saturated rings. The van der Waals surface area contributed by atoms with E-state index in [-0.39, 0.29) is 16.3 Å². The number of carboxylic acids is 1. The molecule has 0 aliphatic rings. The number of carboxylic acid groups (broad SMARTS) is 1. The highest BCUT2D eigenvalue weighted by atomic mass is 35.5. The SMILES string of the molecule is C#CCC(NS(=O)(=O)c1ccccc1Cl)C(=O)O. The summed E-state index contributed by atoms with van der Waals surface area (Å²) < 4.78 is 25.8. The third-order valence-electron chi connectivity index (χ3n) is 2.04. The van der Waals surface area contributed by atoms with Gasteiger partial charge in [0.05, 0.1) is 5.02 Å². The summed E-state index contributed by atoms with van der Waals surface area (Å²) in [6.07, 6.45) is 4.73. The second-order valence-corrected chi connectivity index (χ2v) is 5.44. The van der Waals surface area contributed by atoms with Crippen molar-refractivity contribution in [1.82, 2.24) is 4.72 Å². The summed E-state index contributed by atoms with van der Waals surface area (Å²) in [7, 11) is -4.02. The van der Waals surface area contributed by atoms with E-state index in [1.165, 1.54) is 18.2 Å². The van der Waals surface area contributed by atoms with Crippen LogP contribution in [-0.2, 0) is 14.8 Å². The molecule has 7 heteroatoms. The topological polar surface area (TPSA) is 83.5 Å². The molecule has 1 aromatic rings. The molecule has 1 rings (SSSR count). The number of sulfonamides is 1. The lowest BCUT2D eigenvalue weighted by atomic mass is 10.2. The smallest absolute Gasteiger partial charge is 0.322 e. The van der Waals surface area contributed by atoms with Crippen molar-refractivity contribution in [2.75, 3.05) is 0 Å². The van der Waals surface area contributed by atoms with Gasteiger partial charge in [0.15, 0.2) is 0 Å². The Morgan fingerprint density at radius 2 is 2.11 bits per heavy atom. The van der Waals surface area contributed by atoms with Crippen LogP contribution in [0.4, 0.5) is 0 Å². The summed E-state index contributed by atoms with van der Waals surface area (Å²) >= 11 is 5.74. The Balaban J connectivity index is 3.06. The molecular weight excluding hydrogens is 278 g/mol. The predicted octanol–water partition coefficient (Wildman–Crippen LogP) is 1.09. The molecule has 1 atom stereocenters. The number of aliphatic carboxylic acids is 1. The fourth-order valence-electron chi connectivity index (χ4n) is 1.21. The Kier molecular flexibility index (Phi) is 4.73. The minimum absolute atomic E-state index is 0.00912. The lowest BCUT2D eigenvalue weighted by Gasteiger charge is -2.13. The van der Waals surface area contributed by atoms with E-state index in [1.807, 2.05) is 4.72 Å². The lowest BCUT2D eigenvalue weighted by molar-refractivity contribution is -0.138. The maximum absolute atomic E-state index is 11.9. The number of benzene rings is 1. The maximum Gasteiger partial charge on any atom is 0.322 e. The number of terminal acetylenes is 1.